The molecule has 1 aromatic heterocycles. The molecule has 4 heteroatoms. The number of aromatic nitrogens is 1. The second-order valence-corrected chi connectivity index (χ2v) is 4.57. The summed E-state index contributed by atoms with van der Waals surface area (Å²) >= 11 is 0. The second-order valence-electron chi connectivity index (χ2n) is 4.57. The van der Waals surface area contributed by atoms with Crippen LogP contribution in [0.25, 0.3) is 10.9 Å². The highest BCUT2D eigenvalue weighted by Crippen LogP contribution is 2.26. The first kappa shape index (κ1) is 12.6. The van der Waals surface area contributed by atoms with Gasteiger partial charge < -0.3 is 15.4 Å². The Kier molecular flexibility index (Phi) is 3.99. The molecule has 0 atom stereocenters. The highest BCUT2D eigenvalue weighted by Gasteiger charge is 2.04. The molecule has 0 unspecified atom stereocenters. The summed E-state index contributed by atoms with van der Waals surface area (Å²) in [5, 5.41) is 1.01. The fourth-order valence-electron chi connectivity index (χ4n) is 1.85. The Balaban J connectivity index is 2.12. The van der Waals surface area contributed by atoms with E-state index in [-0.39, 0.29) is 0 Å². The van der Waals surface area contributed by atoms with Gasteiger partial charge in [0, 0.05) is 18.0 Å². The van der Waals surface area contributed by atoms with Crippen molar-refractivity contribution in [1.82, 2.24) is 9.88 Å². The molecular weight excluding hydrogens is 226 g/mol. The van der Waals surface area contributed by atoms with Gasteiger partial charge in [-0.15, -0.1) is 0 Å². The van der Waals surface area contributed by atoms with Crippen LogP contribution in [0.1, 0.15) is 6.42 Å². The Morgan fingerprint density at radius 1 is 1.28 bits per heavy atom. The van der Waals surface area contributed by atoms with Crippen LogP contribution in [-0.4, -0.2) is 37.1 Å². The number of nitrogens with two attached hydrogens (primary N) is 1. The Morgan fingerprint density at radius 3 is 2.83 bits per heavy atom. The Labute approximate surface area is 107 Å². The minimum atomic E-state index is 0.497. The van der Waals surface area contributed by atoms with E-state index in [4.69, 9.17) is 10.5 Å². The van der Waals surface area contributed by atoms with Crippen LogP contribution in [0.2, 0.25) is 0 Å². The number of hydrogen-bond acceptors (Lipinski definition) is 4. The highest BCUT2D eigenvalue weighted by molar-refractivity contribution is 5.86. The van der Waals surface area contributed by atoms with Crippen LogP contribution < -0.4 is 10.5 Å². The molecule has 0 spiro atoms. The molecule has 0 saturated carbocycles. The van der Waals surface area contributed by atoms with E-state index >= 15 is 0 Å². The molecule has 2 N–H and O–H groups in total. The number of rotatable bonds is 5. The number of hydrogen-bond donors (Lipinski definition) is 1. The fourth-order valence-corrected chi connectivity index (χ4v) is 1.85. The standard InChI is InChI=1S/C14H19N3O/c1-17(2)8-5-9-18-13-10-14(15)16-12-7-4-3-6-11(12)13/h3-4,6-7,10H,5,8-9H2,1-2H3,(H2,15,16). The monoisotopic (exact) mass is 245 g/mol. The minimum absolute atomic E-state index is 0.497. The van der Waals surface area contributed by atoms with Crippen LogP contribution in [0.15, 0.2) is 30.3 Å². The topological polar surface area (TPSA) is 51.4 Å². The van der Waals surface area contributed by atoms with Crippen LogP contribution in [-0.2, 0) is 0 Å². The molecule has 4 nitrogen and oxygen atoms in total. The van der Waals surface area contributed by atoms with E-state index in [1.54, 1.807) is 6.07 Å². The van der Waals surface area contributed by atoms with E-state index in [0.29, 0.717) is 12.4 Å². The van der Waals surface area contributed by atoms with E-state index < -0.39 is 0 Å². The molecule has 96 valence electrons. The summed E-state index contributed by atoms with van der Waals surface area (Å²) in [4.78, 5) is 6.42. The van der Waals surface area contributed by atoms with Gasteiger partial charge in [-0.05, 0) is 32.6 Å². The van der Waals surface area contributed by atoms with Crippen molar-refractivity contribution in [3.05, 3.63) is 30.3 Å². The molecule has 0 bridgehead atoms. The predicted octanol–water partition coefficient (Wildman–Crippen LogP) is 2.15. The first-order valence-corrected chi connectivity index (χ1v) is 6.09. The molecule has 1 heterocycles. The van der Waals surface area contributed by atoms with Gasteiger partial charge in [0.25, 0.3) is 0 Å². The third-order valence-electron chi connectivity index (χ3n) is 2.71. The Bertz CT molecular complexity index is 525. The number of nitrogens with zero attached hydrogens (tertiary/aromatic N) is 2. The SMILES string of the molecule is CN(C)CCCOc1cc(N)nc2ccccc12. The normalized spacial score (nSPS) is 11.1. The minimum Gasteiger partial charge on any atom is -0.493 e. The predicted molar refractivity (Wildman–Crippen MR) is 74.8 cm³/mol. The number of nitrogen functional groups attached to an aromatic ring is 1. The first-order valence-electron chi connectivity index (χ1n) is 6.09. The van der Waals surface area contributed by atoms with Crippen LogP contribution in [0.4, 0.5) is 5.82 Å². The molecular formula is C14H19N3O. The van der Waals surface area contributed by atoms with Gasteiger partial charge in [-0.25, -0.2) is 4.98 Å². The van der Waals surface area contributed by atoms with E-state index in [9.17, 15) is 0 Å². The van der Waals surface area contributed by atoms with Gasteiger partial charge in [0.1, 0.15) is 11.6 Å². The lowest BCUT2D eigenvalue weighted by Crippen LogP contribution is -2.15. The smallest absolute Gasteiger partial charge is 0.132 e. The molecule has 18 heavy (non-hydrogen) atoms. The number of pyridine rings is 1. The summed E-state index contributed by atoms with van der Waals surface area (Å²) in [5.41, 5.74) is 6.65. The van der Waals surface area contributed by atoms with Crippen molar-refractivity contribution in [2.45, 2.75) is 6.42 Å². The average Bonchev–Trinajstić information content (AvgIpc) is 2.34. The summed E-state index contributed by atoms with van der Waals surface area (Å²) in [7, 11) is 4.11. The van der Waals surface area contributed by atoms with E-state index in [0.717, 1.165) is 29.6 Å². The van der Waals surface area contributed by atoms with E-state index in [2.05, 4.69) is 24.0 Å². The summed E-state index contributed by atoms with van der Waals surface area (Å²) in [5.74, 6) is 1.31. The van der Waals surface area contributed by atoms with Crippen molar-refractivity contribution in [3.63, 3.8) is 0 Å². The van der Waals surface area contributed by atoms with Gasteiger partial charge in [-0.3, -0.25) is 0 Å². The zero-order valence-electron chi connectivity index (χ0n) is 10.9. The zero-order chi connectivity index (χ0) is 13.0. The molecule has 0 fully saturated rings. The quantitative estimate of drug-likeness (QED) is 0.820. The van der Waals surface area contributed by atoms with Crippen molar-refractivity contribution in [2.24, 2.45) is 0 Å². The molecule has 0 saturated heterocycles. The van der Waals surface area contributed by atoms with Crippen LogP contribution >= 0.6 is 0 Å². The number of para-hydroxylation sites is 1. The van der Waals surface area contributed by atoms with Crippen molar-refractivity contribution < 1.29 is 4.74 Å². The van der Waals surface area contributed by atoms with Crippen molar-refractivity contribution in [3.8, 4) is 5.75 Å². The lowest BCUT2D eigenvalue weighted by Gasteiger charge is -2.12. The molecule has 0 aliphatic rings. The fraction of sp³-hybridized carbons (Fsp3) is 0.357. The summed E-state index contributed by atoms with van der Waals surface area (Å²) < 4.78 is 5.80. The third-order valence-corrected chi connectivity index (χ3v) is 2.71. The van der Waals surface area contributed by atoms with Crippen LogP contribution in [0, 0.1) is 0 Å². The van der Waals surface area contributed by atoms with Crippen molar-refractivity contribution >= 4 is 16.7 Å². The molecule has 0 radical (unpaired) electrons. The number of ether oxygens (including phenoxy) is 1. The lowest BCUT2D eigenvalue weighted by molar-refractivity contribution is 0.284. The van der Waals surface area contributed by atoms with Crippen LogP contribution in [0.5, 0.6) is 5.75 Å². The van der Waals surface area contributed by atoms with Gasteiger partial charge in [0.2, 0.25) is 0 Å². The maximum Gasteiger partial charge on any atom is 0.132 e. The number of benzene rings is 1. The molecule has 2 aromatic rings. The summed E-state index contributed by atoms with van der Waals surface area (Å²) in [6, 6.07) is 9.66. The van der Waals surface area contributed by atoms with Gasteiger partial charge in [0.15, 0.2) is 0 Å². The average molecular weight is 245 g/mol. The van der Waals surface area contributed by atoms with Gasteiger partial charge >= 0.3 is 0 Å². The van der Waals surface area contributed by atoms with Gasteiger partial charge in [-0.2, -0.15) is 0 Å². The van der Waals surface area contributed by atoms with Crippen LogP contribution in [0.3, 0.4) is 0 Å². The molecule has 2 rings (SSSR count). The third kappa shape index (κ3) is 3.11. The molecule has 0 amide bonds. The number of fused-ring (bicyclic) bond motifs is 1. The molecule has 1 aromatic carbocycles. The molecule has 0 aliphatic heterocycles. The first-order chi connectivity index (χ1) is 8.66. The number of anilines is 1. The van der Waals surface area contributed by atoms with Crippen molar-refractivity contribution in [1.29, 1.82) is 0 Å². The summed E-state index contributed by atoms with van der Waals surface area (Å²) in [6.07, 6.45) is 0.990. The van der Waals surface area contributed by atoms with Gasteiger partial charge in [0.05, 0.1) is 12.1 Å². The largest absolute Gasteiger partial charge is 0.493 e. The Morgan fingerprint density at radius 2 is 2.06 bits per heavy atom. The van der Waals surface area contributed by atoms with Gasteiger partial charge in [-0.1, -0.05) is 12.1 Å². The highest BCUT2D eigenvalue weighted by atomic mass is 16.5. The van der Waals surface area contributed by atoms with E-state index in [1.807, 2.05) is 24.3 Å². The summed E-state index contributed by atoms with van der Waals surface area (Å²) in [6.45, 7) is 1.70. The zero-order valence-corrected chi connectivity index (χ0v) is 10.9. The molecule has 0 aliphatic carbocycles. The van der Waals surface area contributed by atoms with E-state index in [1.165, 1.54) is 0 Å². The second kappa shape index (κ2) is 5.69. The van der Waals surface area contributed by atoms with Crippen molar-refractivity contribution in [2.75, 3.05) is 33.0 Å². The Hall–Kier alpha value is -1.81. The lowest BCUT2D eigenvalue weighted by atomic mass is 10.2. The maximum absolute atomic E-state index is 5.80. The maximum atomic E-state index is 5.80.